The van der Waals surface area contributed by atoms with Gasteiger partial charge in [0.05, 0.1) is 0 Å². The molecule has 0 heterocycles. The van der Waals surface area contributed by atoms with Crippen LogP contribution in [0.1, 0.15) is 23.1 Å². The Bertz CT molecular complexity index is 775. The van der Waals surface area contributed by atoms with Crippen molar-refractivity contribution in [1.82, 2.24) is 10.2 Å². The summed E-state index contributed by atoms with van der Waals surface area (Å²) >= 11 is 5.46. The van der Waals surface area contributed by atoms with Gasteiger partial charge in [-0.15, -0.1) is 16.0 Å². The van der Waals surface area contributed by atoms with Gasteiger partial charge in [0.2, 0.25) is 5.91 Å². The average molecular weight is 374 g/mol. The van der Waals surface area contributed by atoms with E-state index in [1.165, 1.54) is 11.0 Å². The summed E-state index contributed by atoms with van der Waals surface area (Å²) in [4.78, 5) is 12.6. The Labute approximate surface area is 146 Å². The van der Waals surface area contributed by atoms with Gasteiger partial charge >= 0.3 is 0 Å². The number of benzene rings is 1. The van der Waals surface area contributed by atoms with Crippen molar-refractivity contribution in [2.75, 3.05) is 20.0 Å². The maximum absolute atomic E-state index is 12.4. The molecular formula is C15H20ClN3O4S. The Morgan fingerprint density at radius 1 is 1.46 bits per heavy atom. The van der Waals surface area contributed by atoms with Crippen LogP contribution in [0.15, 0.2) is 15.4 Å². The van der Waals surface area contributed by atoms with Gasteiger partial charge in [-0.25, -0.2) is 0 Å². The summed E-state index contributed by atoms with van der Waals surface area (Å²) in [5, 5.41) is 13.1. The molecule has 0 fully saturated rings. The third kappa shape index (κ3) is 3.99. The molecule has 0 saturated carbocycles. The molecule has 0 unspecified atom stereocenters. The van der Waals surface area contributed by atoms with Gasteiger partial charge in [-0.05, 0) is 36.5 Å². The van der Waals surface area contributed by atoms with Crippen molar-refractivity contribution >= 4 is 33.9 Å². The second kappa shape index (κ2) is 7.40. The predicted molar refractivity (Wildman–Crippen MR) is 92.1 cm³/mol. The number of phenols is 1. The molecule has 1 aliphatic carbocycles. The molecule has 0 radical (unpaired) electrons. The highest BCUT2D eigenvalue weighted by Crippen LogP contribution is 2.37. The number of carbonyl (C=O) groups excluding carboxylic acids is 1. The fourth-order valence-corrected chi connectivity index (χ4v) is 3.80. The molecule has 2 rings (SSSR count). The number of nitrogens with one attached hydrogen (secondary N) is 1. The van der Waals surface area contributed by atoms with Gasteiger partial charge in [-0.2, -0.15) is 8.42 Å². The molecule has 0 aliphatic heterocycles. The predicted octanol–water partition coefficient (Wildman–Crippen LogP) is 1.01. The molecule has 0 saturated heterocycles. The number of fused-ring (bicyclic) bond motifs is 1. The van der Waals surface area contributed by atoms with Gasteiger partial charge in [0, 0.05) is 26.2 Å². The van der Waals surface area contributed by atoms with E-state index in [0.717, 1.165) is 36.7 Å². The van der Waals surface area contributed by atoms with Crippen LogP contribution in [0.25, 0.3) is 0 Å². The number of rotatable bonds is 6. The van der Waals surface area contributed by atoms with E-state index in [-0.39, 0.29) is 29.0 Å². The first kappa shape index (κ1) is 18.5. The van der Waals surface area contributed by atoms with E-state index in [4.69, 9.17) is 11.6 Å². The van der Waals surface area contributed by atoms with Crippen molar-refractivity contribution < 1.29 is 18.3 Å². The maximum atomic E-state index is 12.4. The number of nitrogens with zero attached hydrogens (tertiary/aromatic N) is 2. The summed E-state index contributed by atoms with van der Waals surface area (Å²) < 4.78 is 28.4. The highest BCUT2D eigenvalue weighted by atomic mass is 35.5. The zero-order chi connectivity index (χ0) is 17.9. The molecule has 2 N–H and O–H groups in total. The minimum Gasteiger partial charge on any atom is -0.506 e. The first-order chi connectivity index (χ1) is 11.3. The minimum atomic E-state index is -4.04. The molecule has 1 aromatic carbocycles. The number of halogens is 1. The van der Waals surface area contributed by atoms with Gasteiger partial charge < -0.3 is 15.3 Å². The summed E-state index contributed by atoms with van der Waals surface area (Å²) in [5.74, 6) is -0.947. The van der Waals surface area contributed by atoms with Crippen molar-refractivity contribution in [2.24, 2.45) is 4.40 Å². The van der Waals surface area contributed by atoms with E-state index in [0.29, 0.717) is 5.56 Å². The summed E-state index contributed by atoms with van der Waals surface area (Å²) in [7, 11) is -0.740. The van der Waals surface area contributed by atoms with Crippen molar-refractivity contribution in [3.63, 3.8) is 0 Å². The Morgan fingerprint density at radius 2 is 2.17 bits per heavy atom. The van der Waals surface area contributed by atoms with Crippen LogP contribution in [-0.2, 0) is 34.2 Å². The van der Waals surface area contributed by atoms with Crippen LogP contribution in [0.5, 0.6) is 5.75 Å². The average Bonchev–Trinajstić information content (AvgIpc) is 2.99. The fraction of sp³-hybridized carbons (Fsp3) is 0.467. The van der Waals surface area contributed by atoms with Crippen LogP contribution >= 0.6 is 11.6 Å². The number of amides is 1. The van der Waals surface area contributed by atoms with E-state index in [9.17, 15) is 18.3 Å². The SMILES string of the molecule is CN(C)C=NS(=O)(=O)c1cc2c(c(CNC(=O)CCl)c1O)CCC2. The third-order valence-electron chi connectivity index (χ3n) is 3.73. The maximum Gasteiger partial charge on any atom is 0.287 e. The van der Waals surface area contributed by atoms with Gasteiger partial charge in [-0.1, -0.05) is 0 Å². The molecule has 9 heteroatoms. The van der Waals surface area contributed by atoms with Crippen molar-refractivity contribution in [2.45, 2.75) is 30.7 Å². The molecule has 24 heavy (non-hydrogen) atoms. The second-order valence-electron chi connectivity index (χ2n) is 5.76. The number of carbonyl (C=O) groups is 1. The fourth-order valence-electron chi connectivity index (χ4n) is 2.62. The van der Waals surface area contributed by atoms with Gasteiger partial charge in [0.1, 0.15) is 22.9 Å². The van der Waals surface area contributed by atoms with Crippen LogP contribution in [-0.4, -0.2) is 50.6 Å². The molecule has 132 valence electrons. The molecule has 1 amide bonds. The first-order valence-corrected chi connectivity index (χ1v) is 9.40. The van der Waals surface area contributed by atoms with Crippen molar-refractivity contribution in [3.8, 4) is 5.75 Å². The van der Waals surface area contributed by atoms with Crippen molar-refractivity contribution in [3.05, 3.63) is 22.8 Å². The van der Waals surface area contributed by atoms with Crippen LogP contribution in [0.4, 0.5) is 0 Å². The van der Waals surface area contributed by atoms with Crippen LogP contribution in [0, 0.1) is 0 Å². The Kier molecular flexibility index (Phi) is 5.71. The monoisotopic (exact) mass is 373 g/mol. The number of alkyl halides is 1. The smallest absolute Gasteiger partial charge is 0.287 e. The number of aromatic hydroxyl groups is 1. The third-order valence-corrected chi connectivity index (χ3v) is 5.21. The molecule has 0 bridgehead atoms. The lowest BCUT2D eigenvalue weighted by Gasteiger charge is -2.15. The molecule has 0 atom stereocenters. The van der Waals surface area contributed by atoms with Gasteiger partial charge in [-0.3, -0.25) is 4.79 Å². The lowest BCUT2D eigenvalue weighted by Crippen LogP contribution is -2.24. The quantitative estimate of drug-likeness (QED) is 0.440. The number of phenolic OH excluding ortho intramolecular Hbond substituents is 1. The molecule has 7 nitrogen and oxygen atoms in total. The topological polar surface area (TPSA) is 99.1 Å². The molecular weight excluding hydrogens is 354 g/mol. The van der Waals surface area contributed by atoms with E-state index < -0.39 is 10.0 Å². The van der Waals surface area contributed by atoms with Gasteiger partial charge in [0.25, 0.3) is 10.0 Å². The Morgan fingerprint density at radius 3 is 2.79 bits per heavy atom. The van der Waals surface area contributed by atoms with E-state index in [2.05, 4.69) is 9.71 Å². The summed E-state index contributed by atoms with van der Waals surface area (Å²) in [6, 6.07) is 1.48. The summed E-state index contributed by atoms with van der Waals surface area (Å²) in [5.41, 5.74) is 2.17. The first-order valence-electron chi connectivity index (χ1n) is 7.42. The van der Waals surface area contributed by atoms with Crippen molar-refractivity contribution in [1.29, 1.82) is 0 Å². The highest BCUT2D eigenvalue weighted by molar-refractivity contribution is 7.90. The van der Waals surface area contributed by atoms with Crippen LogP contribution < -0.4 is 5.32 Å². The zero-order valence-electron chi connectivity index (χ0n) is 13.5. The Hall–Kier alpha value is -1.80. The molecule has 0 aromatic heterocycles. The standard InChI is InChI=1S/C15H20ClN3O4S/c1-19(2)9-18-24(22,23)13-6-10-4-3-5-11(10)12(15(13)21)8-17-14(20)7-16/h6,9,21H,3-5,7-8H2,1-2H3,(H,17,20). The minimum absolute atomic E-state index is 0.0282. The number of sulfonamides is 1. The second-order valence-corrected chi connectivity index (χ2v) is 7.63. The molecule has 1 aliphatic rings. The summed E-state index contributed by atoms with van der Waals surface area (Å²) in [6.45, 7) is 0.0282. The number of hydrogen-bond donors (Lipinski definition) is 2. The number of aryl methyl sites for hydroxylation is 1. The van der Waals surface area contributed by atoms with Crippen LogP contribution in [0.3, 0.4) is 0 Å². The largest absolute Gasteiger partial charge is 0.506 e. The molecule has 1 aromatic rings. The zero-order valence-corrected chi connectivity index (χ0v) is 15.1. The van der Waals surface area contributed by atoms with E-state index >= 15 is 0 Å². The Balaban J connectivity index is 2.49. The lowest BCUT2D eigenvalue weighted by atomic mass is 10.0. The highest BCUT2D eigenvalue weighted by Gasteiger charge is 2.27. The van der Waals surface area contributed by atoms with Crippen LogP contribution in [0.2, 0.25) is 0 Å². The normalized spacial score (nSPS) is 14.0. The number of hydrogen-bond acceptors (Lipinski definition) is 4. The lowest BCUT2D eigenvalue weighted by molar-refractivity contribution is -0.118. The van der Waals surface area contributed by atoms with E-state index in [1.54, 1.807) is 14.1 Å². The van der Waals surface area contributed by atoms with E-state index in [1.807, 2.05) is 0 Å². The molecule has 0 spiro atoms. The summed E-state index contributed by atoms with van der Waals surface area (Å²) in [6.07, 6.45) is 3.49. The van der Waals surface area contributed by atoms with Gasteiger partial charge in [0.15, 0.2) is 0 Å².